The van der Waals surface area contributed by atoms with Gasteiger partial charge in [0.05, 0.1) is 24.8 Å². The quantitative estimate of drug-likeness (QED) is 0.550. The van der Waals surface area contributed by atoms with Crippen molar-refractivity contribution in [3.05, 3.63) is 82.4 Å². The van der Waals surface area contributed by atoms with E-state index in [9.17, 15) is 13.9 Å². The van der Waals surface area contributed by atoms with Crippen LogP contribution in [0.3, 0.4) is 0 Å². The number of aryl methyl sites for hydroxylation is 2. The summed E-state index contributed by atoms with van der Waals surface area (Å²) in [6, 6.07) is 8.46. The summed E-state index contributed by atoms with van der Waals surface area (Å²) >= 11 is 0. The number of amidine groups is 1. The van der Waals surface area contributed by atoms with E-state index in [-0.39, 0.29) is 5.56 Å². The number of hydrogen-bond donors (Lipinski definition) is 1. The van der Waals surface area contributed by atoms with Gasteiger partial charge in [-0.05, 0) is 80.7 Å². The second-order valence-corrected chi connectivity index (χ2v) is 9.25. The Kier molecular flexibility index (Phi) is 6.04. The zero-order valence-corrected chi connectivity index (χ0v) is 20.6. The lowest BCUT2D eigenvalue weighted by Gasteiger charge is -2.41. The van der Waals surface area contributed by atoms with Gasteiger partial charge in [0.15, 0.2) is 17.5 Å². The van der Waals surface area contributed by atoms with Crippen molar-refractivity contribution >= 4 is 11.9 Å². The fraction of sp³-hybridized carbons (Fsp3) is 0.333. The highest BCUT2D eigenvalue weighted by atomic mass is 19.2. The van der Waals surface area contributed by atoms with Gasteiger partial charge in [-0.1, -0.05) is 11.2 Å². The number of oxime groups is 1. The molecular formula is C27H28F2N4O3. The van der Waals surface area contributed by atoms with Gasteiger partial charge in [-0.15, -0.1) is 0 Å². The van der Waals surface area contributed by atoms with Crippen LogP contribution < -0.4 is 4.74 Å². The monoisotopic (exact) mass is 494 g/mol. The first-order chi connectivity index (χ1) is 17.2. The topological polar surface area (TPSA) is 72.1 Å². The predicted molar refractivity (Wildman–Crippen MR) is 132 cm³/mol. The molecule has 2 unspecified atom stereocenters. The first-order valence-corrected chi connectivity index (χ1v) is 11.8. The highest BCUT2D eigenvalue weighted by Gasteiger charge is 2.53. The number of imidazole rings is 1. The van der Waals surface area contributed by atoms with Crippen LogP contribution in [0.15, 0.2) is 53.6 Å². The molecule has 2 atom stereocenters. The highest BCUT2D eigenvalue weighted by Crippen LogP contribution is 2.43. The number of methoxy groups -OCH3 is 1. The van der Waals surface area contributed by atoms with Crippen LogP contribution >= 0.6 is 0 Å². The maximum Gasteiger partial charge on any atom is 0.263 e. The molecule has 3 heterocycles. The summed E-state index contributed by atoms with van der Waals surface area (Å²) in [5.41, 5.74) is 2.60. The minimum absolute atomic E-state index is 0.134. The van der Waals surface area contributed by atoms with Crippen LogP contribution in [0.25, 0.3) is 11.8 Å². The maximum atomic E-state index is 14.3. The van der Waals surface area contributed by atoms with Crippen LogP contribution in [0.4, 0.5) is 8.78 Å². The Morgan fingerprint density at radius 2 is 2.03 bits per heavy atom. The number of ether oxygens (including phenoxy) is 1. The smallest absolute Gasteiger partial charge is 0.263 e. The molecule has 1 saturated heterocycles. The Labute approximate surface area is 208 Å². The normalized spacial score (nSPS) is 21.2. The van der Waals surface area contributed by atoms with Gasteiger partial charge in [-0.25, -0.2) is 13.8 Å². The number of benzene rings is 2. The molecule has 2 aliphatic rings. The van der Waals surface area contributed by atoms with Crippen molar-refractivity contribution in [2.75, 3.05) is 13.7 Å². The van der Waals surface area contributed by atoms with E-state index < -0.39 is 23.5 Å². The van der Waals surface area contributed by atoms with Crippen molar-refractivity contribution in [1.29, 1.82) is 0 Å². The molecular weight excluding hydrogens is 466 g/mol. The second-order valence-electron chi connectivity index (χ2n) is 9.25. The number of hydrogen-bond acceptors (Lipinski definition) is 6. The molecule has 0 spiro atoms. The van der Waals surface area contributed by atoms with E-state index >= 15 is 0 Å². The number of aromatic nitrogens is 2. The van der Waals surface area contributed by atoms with Crippen molar-refractivity contribution in [3.8, 4) is 11.4 Å². The molecule has 1 fully saturated rings. The minimum atomic E-state index is -1.45. The van der Waals surface area contributed by atoms with Gasteiger partial charge < -0.3 is 24.1 Å². The van der Waals surface area contributed by atoms with E-state index in [4.69, 9.17) is 9.57 Å². The van der Waals surface area contributed by atoms with Crippen LogP contribution in [-0.2, 0) is 10.6 Å². The molecule has 5 rings (SSSR count). The van der Waals surface area contributed by atoms with E-state index in [1.165, 1.54) is 13.0 Å². The standard InChI is InChI=1S/C27H28F2N4O3/c1-16-10-21(13-22(28)25(16)29)27(18(3)34)33-9-5-6-20(26(33)31-36-27)11-19-7-8-23(24(12-19)35-4)32-14-17(2)30-15-32/h7-8,10-15,18,34H,5-6,9H2,1-4H3. The van der Waals surface area contributed by atoms with E-state index in [1.807, 2.05) is 46.9 Å². The van der Waals surface area contributed by atoms with Gasteiger partial charge in [0.2, 0.25) is 0 Å². The highest BCUT2D eigenvalue weighted by molar-refractivity contribution is 6.03. The van der Waals surface area contributed by atoms with Crippen molar-refractivity contribution in [2.24, 2.45) is 5.16 Å². The SMILES string of the molecule is COc1cc(C=C2CCCN3C2=NOC3(c2cc(C)c(F)c(F)c2)C(C)O)ccc1-n1cnc(C)c1. The molecule has 1 aromatic heterocycles. The van der Waals surface area contributed by atoms with Crippen LogP contribution in [0.2, 0.25) is 0 Å². The number of aliphatic hydroxyl groups is 1. The van der Waals surface area contributed by atoms with Crippen LogP contribution in [-0.4, -0.2) is 45.2 Å². The summed E-state index contributed by atoms with van der Waals surface area (Å²) in [7, 11) is 1.62. The Morgan fingerprint density at radius 1 is 1.22 bits per heavy atom. The van der Waals surface area contributed by atoms with Crippen LogP contribution in [0.1, 0.15) is 42.1 Å². The third-order valence-corrected chi connectivity index (χ3v) is 6.77. The van der Waals surface area contributed by atoms with Gasteiger partial charge in [0, 0.05) is 18.3 Å². The molecule has 0 amide bonds. The number of aliphatic hydroxyl groups excluding tert-OH is 1. The molecule has 0 saturated carbocycles. The molecule has 2 aromatic carbocycles. The minimum Gasteiger partial charge on any atom is -0.495 e. The summed E-state index contributed by atoms with van der Waals surface area (Å²) in [6.45, 7) is 5.52. The lowest BCUT2D eigenvalue weighted by Crippen LogP contribution is -2.55. The number of nitrogens with zero attached hydrogens (tertiary/aromatic N) is 4. The fourth-order valence-electron chi connectivity index (χ4n) is 4.99. The molecule has 0 bridgehead atoms. The summed E-state index contributed by atoms with van der Waals surface area (Å²) in [6.07, 6.45) is 6.12. The first-order valence-electron chi connectivity index (χ1n) is 11.8. The molecule has 1 N–H and O–H groups in total. The average Bonchev–Trinajstić information content (AvgIpc) is 3.47. The number of halogens is 2. The second kappa shape index (κ2) is 9.05. The summed E-state index contributed by atoms with van der Waals surface area (Å²) in [5.74, 6) is -0.649. The molecule has 9 heteroatoms. The molecule has 0 radical (unpaired) electrons. The zero-order valence-electron chi connectivity index (χ0n) is 20.6. The van der Waals surface area contributed by atoms with Crippen molar-refractivity contribution in [1.82, 2.24) is 14.5 Å². The molecule has 188 valence electrons. The number of fused-ring (bicyclic) bond motifs is 1. The molecule has 2 aliphatic heterocycles. The van der Waals surface area contributed by atoms with Crippen molar-refractivity contribution < 1.29 is 23.5 Å². The van der Waals surface area contributed by atoms with Crippen LogP contribution in [0, 0.1) is 25.5 Å². The maximum absolute atomic E-state index is 14.3. The number of rotatable bonds is 5. The van der Waals surface area contributed by atoms with Gasteiger partial charge in [-0.2, -0.15) is 0 Å². The fourth-order valence-corrected chi connectivity index (χ4v) is 4.99. The third-order valence-electron chi connectivity index (χ3n) is 6.77. The lowest BCUT2D eigenvalue weighted by atomic mass is 9.90. The van der Waals surface area contributed by atoms with Crippen molar-refractivity contribution in [3.63, 3.8) is 0 Å². The molecule has 7 nitrogen and oxygen atoms in total. The van der Waals surface area contributed by atoms with Gasteiger partial charge in [-0.3, -0.25) is 0 Å². The van der Waals surface area contributed by atoms with Gasteiger partial charge in [0.1, 0.15) is 11.9 Å². The Morgan fingerprint density at radius 3 is 2.69 bits per heavy atom. The largest absolute Gasteiger partial charge is 0.495 e. The summed E-state index contributed by atoms with van der Waals surface area (Å²) < 4.78 is 35.9. The van der Waals surface area contributed by atoms with Crippen molar-refractivity contribution in [2.45, 2.75) is 45.4 Å². The lowest BCUT2D eigenvalue weighted by molar-refractivity contribution is -0.173. The molecule has 36 heavy (non-hydrogen) atoms. The van der Waals surface area contributed by atoms with Crippen LogP contribution in [0.5, 0.6) is 5.75 Å². The zero-order chi connectivity index (χ0) is 25.6. The van der Waals surface area contributed by atoms with E-state index in [2.05, 4.69) is 10.1 Å². The first kappa shape index (κ1) is 24.0. The van der Waals surface area contributed by atoms with E-state index in [1.54, 1.807) is 20.4 Å². The summed E-state index contributed by atoms with van der Waals surface area (Å²) in [5, 5.41) is 15.2. The summed E-state index contributed by atoms with van der Waals surface area (Å²) in [4.78, 5) is 12.0. The van der Waals surface area contributed by atoms with E-state index in [0.29, 0.717) is 23.7 Å². The average molecular weight is 495 g/mol. The Hall–Kier alpha value is -3.72. The molecule has 3 aromatic rings. The number of piperidine rings is 1. The Bertz CT molecular complexity index is 1360. The predicted octanol–water partition coefficient (Wildman–Crippen LogP) is 4.83. The molecule has 0 aliphatic carbocycles. The third kappa shape index (κ3) is 3.83. The van der Waals surface area contributed by atoms with Gasteiger partial charge >= 0.3 is 0 Å². The Balaban J connectivity index is 1.51. The van der Waals surface area contributed by atoms with Gasteiger partial charge in [0.25, 0.3) is 5.72 Å². The van der Waals surface area contributed by atoms with E-state index in [0.717, 1.165) is 41.4 Å².